The Morgan fingerprint density at radius 3 is 1.47 bits per heavy atom. The van der Waals surface area contributed by atoms with E-state index < -0.39 is 0 Å². The largest absolute Gasteiger partial charge is 0.453 e. The van der Waals surface area contributed by atoms with E-state index in [0.29, 0.717) is 25.8 Å². The van der Waals surface area contributed by atoms with E-state index in [4.69, 9.17) is 0 Å². The van der Waals surface area contributed by atoms with Crippen molar-refractivity contribution in [3.8, 4) is 0 Å². The van der Waals surface area contributed by atoms with Crippen LogP contribution in [0.5, 0.6) is 0 Å². The highest BCUT2D eigenvalue weighted by atomic mass is 16.5. The molecule has 1 unspecified atom stereocenters. The molecule has 0 aromatic rings. The number of aliphatic hydroxyl groups excluding tert-OH is 1. The van der Waals surface area contributed by atoms with Crippen LogP contribution in [0.15, 0.2) is 12.2 Å². The van der Waals surface area contributed by atoms with Crippen molar-refractivity contribution in [2.45, 2.75) is 208 Å². The molecule has 0 spiro atoms. The fourth-order valence-corrected chi connectivity index (χ4v) is 6.43. The van der Waals surface area contributed by atoms with Crippen LogP contribution in [0.2, 0.25) is 0 Å². The zero-order chi connectivity index (χ0) is 48.7. The molecule has 0 fully saturated rings. The lowest BCUT2D eigenvalue weighted by Crippen LogP contribution is -2.29. The first-order valence-corrected chi connectivity index (χ1v) is 25.9. The molecule has 0 aliphatic carbocycles. The van der Waals surface area contributed by atoms with Crippen molar-refractivity contribution in [2.75, 3.05) is 87.7 Å². The van der Waals surface area contributed by atoms with Crippen molar-refractivity contribution in [3.63, 3.8) is 0 Å². The monoisotopic (exact) mass is 914 g/mol. The van der Waals surface area contributed by atoms with Gasteiger partial charge in [-0.2, -0.15) is 0 Å². The second-order valence-corrected chi connectivity index (χ2v) is 16.7. The van der Waals surface area contributed by atoms with Crippen LogP contribution in [-0.2, 0) is 19.1 Å². The predicted octanol–water partition coefficient (Wildman–Crippen LogP) is 9.52. The first kappa shape index (κ1) is 67.8. The van der Waals surface area contributed by atoms with Crippen molar-refractivity contribution in [2.24, 2.45) is 0 Å². The number of nitrogens with one attached hydrogen (secondary N) is 5. The lowest BCUT2D eigenvalue weighted by molar-refractivity contribution is -0.122. The second kappa shape index (κ2) is 58.3. The first-order valence-electron chi connectivity index (χ1n) is 25.9. The van der Waals surface area contributed by atoms with Gasteiger partial charge in [0.25, 0.3) is 0 Å². The molecule has 0 aromatic heterocycles. The predicted molar refractivity (Wildman–Crippen MR) is 273 cm³/mol. The molecule has 0 saturated carbocycles. The Hall–Kier alpha value is -2.74. The summed E-state index contributed by atoms with van der Waals surface area (Å²) in [5.41, 5.74) is 0. The number of carbonyl (C=O) groups is 4. The Bertz CT molecular complexity index is 1020. The van der Waals surface area contributed by atoms with Crippen LogP contribution in [0.4, 0.5) is 4.79 Å². The number of nitrogens with zero attached hydrogens (tertiary/aromatic N) is 2. The number of ether oxygens (including phenoxy) is 1. The maximum atomic E-state index is 11.9. The van der Waals surface area contributed by atoms with Crippen LogP contribution in [0, 0.1) is 0 Å². The van der Waals surface area contributed by atoms with Gasteiger partial charge in [-0.15, -0.1) is 0 Å². The number of hydrogen-bond acceptors (Lipinski definition) is 9. The molecule has 64 heavy (non-hydrogen) atoms. The zero-order valence-corrected chi connectivity index (χ0v) is 43.7. The molecule has 13 heteroatoms. The molecule has 0 saturated heterocycles. The maximum Gasteiger partial charge on any atom is 0.406 e. The third-order valence-corrected chi connectivity index (χ3v) is 10.5. The van der Waals surface area contributed by atoms with E-state index in [9.17, 15) is 24.3 Å². The molecule has 0 aliphatic heterocycles. The Morgan fingerprint density at radius 1 is 0.531 bits per heavy atom. The number of amides is 4. The highest BCUT2D eigenvalue weighted by Gasteiger charge is 2.05. The maximum absolute atomic E-state index is 11.9. The van der Waals surface area contributed by atoms with Gasteiger partial charge in [-0.1, -0.05) is 111 Å². The molecule has 0 aromatic carbocycles. The number of aliphatic hydroxyl groups is 1. The molecule has 1 atom stereocenters. The highest BCUT2D eigenvalue weighted by Crippen LogP contribution is 2.10. The number of allylic oxidation sites excluding steroid dienone is 1. The molecule has 0 aliphatic rings. The number of hydrogen-bond donors (Lipinski definition) is 6. The smallest absolute Gasteiger partial charge is 0.406 e. The van der Waals surface area contributed by atoms with Gasteiger partial charge in [-0.05, 0) is 137 Å². The summed E-state index contributed by atoms with van der Waals surface area (Å²) in [6.45, 7) is 17.8. The molecule has 0 radical (unpaired) electrons. The van der Waals surface area contributed by atoms with Gasteiger partial charge in [0.05, 0.1) is 13.2 Å². The molecule has 13 nitrogen and oxygen atoms in total. The van der Waals surface area contributed by atoms with Gasteiger partial charge in [-0.25, -0.2) is 4.79 Å². The van der Waals surface area contributed by atoms with E-state index in [1.165, 1.54) is 71.3 Å². The lowest BCUT2D eigenvalue weighted by Gasteiger charge is -2.16. The summed E-state index contributed by atoms with van der Waals surface area (Å²) in [6, 6.07) is 0. The molecule has 4 amide bonds. The van der Waals surface area contributed by atoms with Crippen molar-refractivity contribution in [1.29, 1.82) is 0 Å². The van der Waals surface area contributed by atoms with Crippen LogP contribution >= 0.6 is 0 Å². The number of methoxy groups -OCH3 is 1. The third-order valence-electron chi connectivity index (χ3n) is 10.5. The number of unbranched alkanes of at least 4 members (excludes halogenated alkanes) is 13. The van der Waals surface area contributed by atoms with Crippen LogP contribution in [0.1, 0.15) is 202 Å². The molecule has 0 bridgehead atoms. The van der Waals surface area contributed by atoms with Gasteiger partial charge in [0.1, 0.15) is 0 Å². The van der Waals surface area contributed by atoms with Gasteiger partial charge in [0.2, 0.25) is 17.7 Å². The molecular weight excluding hydrogens is 807 g/mol. The third kappa shape index (κ3) is 61.3. The SMILES string of the molecule is CC.CCCC(=O)NC.CCCCC(O)C/C=C\CCCCCCCC(=O)NCCCN(C)CCCCNC.CCCCCCCCC(=O)NCCCN(C)CCCCNC(=O)OC. The summed E-state index contributed by atoms with van der Waals surface area (Å²) in [4.78, 5) is 49.4. The minimum atomic E-state index is -0.370. The van der Waals surface area contributed by atoms with Crippen LogP contribution in [0.3, 0.4) is 0 Å². The van der Waals surface area contributed by atoms with Crippen molar-refractivity contribution >= 4 is 23.8 Å². The number of alkyl carbamates (subject to hydrolysis) is 1. The van der Waals surface area contributed by atoms with E-state index >= 15 is 0 Å². The molecule has 6 N–H and O–H groups in total. The standard InChI is InChI=1S/C25H51N3O2.C19H39N3O3.C5H11NO.C2H6/c1-4-5-17-24(29)18-12-10-8-6-7-9-11-13-19-25(30)27-21-16-23-28(3)22-15-14-20-26-2;1-4-5-6-7-8-9-13-18(23)20-15-12-17-22(2)16-11-10-14-21-19(24)25-3;1-3-4-5(7)6-2;1-2/h10,12,24,26,29H,4-9,11,13-23H2,1-3H3,(H,27,30);4-17H2,1-3H3,(H,20,23)(H,21,24);3-4H2,1-2H3,(H,6,7);1-2H3/b12-10-;;;. The fraction of sp³-hybridized carbons (Fsp3) is 0.882. The van der Waals surface area contributed by atoms with E-state index in [2.05, 4.69) is 81.2 Å². The summed E-state index contributed by atoms with van der Waals surface area (Å²) in [5, 5.41) is 24.2. The minimum absolute atomic E-state index is 0.127. The number of rotatable bonds is 40. The Labute approximate surface area is 395 Å². The van der Waals surface area contributed by atoms with Gasteiger partial charge >= 0.3 is 6.09 Å². The molecule has 0 rings (SSSR count). The summed E-state index contributed by atoms with van der Waals surface area (Å²) < 4.78 is 4.51. The highest BCUT2D eigenvalue weighted by molar-refractivity contribution is 5.76. The van der Waals surface area contributed by atoms with Crippen molar-refractivity contribution in [3.05, 3.63) is 12.2 Å². The molecular formula is C51H107N7O6. The Balaban J connectivity index is -0.000000477. The molecule has 0 heterocycles. The van der Waals surface area contributed by atoms with Gasteiger partial charge in [0.15, 0.2) is 0 Å². The minimum Gasteiger partial charge on any atom is -0.453 e. The lowest BCUT2D eigenvalue weighted by atomic mass is 10.1. The summed E-state index contributed by atoms with van der Waals surface area (Å²) in [7, 11) is 9.27. The summed E-state index contributed by atoms with van der Waals surface area (Å²) >= 11 is 0. The van der Waals surface area contributed by atoms with Crippen molar-refractivity contribution in [1.82, 2.24) is 36.4 Å². The van der Waals surface area contributed by atoms with E-state index in [1.54, 1.807) is 7.05 Å². The fourth-order valence-electron chi connectivity index (χ4n) is 6.43. The van der Waals surface area contributed by atoms with E-state index in [-0.39, 0.29) is 29.9 Å². The summed E-state index contributed by atoms with van der Waals surface area (Å²) in [6.07, 6.45) is 31.3. The van der Waals surface area contributed by atoms with E-state index in [0.717, 1.165) is 129 Å². The van der Waals surface area contributed by atoms with Crippen LogP contribution in [-0.4, -0.2) is 132 Å². The Morgan fingerprint density at radius 2 is 1.00 bits per heavy atom. The second-order valence-electron chi connectivity index (χ2n) is 16.7. The normalized spacial score (nSPS) is 11.1. The topological polar surface area (TPSA) is 164 Å². The van der Waals surface area contributed by atoms with E-state index in [1.807, 2.05) is 27.8 Å². The van der Waals surface area contributed by atoms with Crippen LogP contribution in [0.25, 0.3) is 0 Å². The quantitative estimate of drug-likeness (QED) is 0.0260. The zero-order valence-electron chi connectivity index (χ0n) is 43.7. The first-order chi connectivity index (χ1) is 31.0. The van der Waals surface area contributed by atoms with Gasteiger partial charge in [-0.3, -0.25) is 14.4 Å². The average molecular weight is 914 g/mol. The Kier molecular flexibility index (Phi) is 61.8. The van der Waals surface area contributed by atoms with Crippen molar-refractivity contribution < 1.29 is 29.0 Å². The van der Waals surface area contributed by atoms with Gasteiger partial charge in [0, 0.05) is 45.9 Å². The molecule has 382 valence electrons. The average Bonchev–Trinajstić information content (AvgIpc) is 3.30. The van der Waals surface area contributed by atoms with Crippen LogP contribution < -0.4 is 26.6 Å². The number of carbonyl (C=O) groups excluding carboxylic acids is 4. The summed E-state index contributed by atoms with van der Waals surface area (Å²) in [5.74, 6) is 0.519. The van der Waals surface area contributed by atoms with Gasteiger partial charge < -0.3 is 46.2 Å².